The fraction of sp³-hybridized carbons (Fsp3) is 0.609. The van der Waals surface area contributed by atoms with Gasteiger partial charge in [0.25, 0.3) is 0 Å². The Hall–Kier alpha value is 0.538. The van der Waals surface area contributed by atoms with E-state index in [2.05, 4.69) is 113 Å². The summed E-state index contributed by atoms with van der Waals surface area (Å²) in [7, 11) is 0. The molecule has 2 saturated carbocycles. The molecule has 1 heterocycles. The zero-order valence-corrected chi connectivity index (χ0v) is 23.9. The molecule has 0 bridgehead atoms. The third kappa shape index (κ3) is 7.28. The van der Waals surface area contributed by atoms with Crippen molar-refractivity contribution in [1.29, 1.82) is 0 Å². The molecule has 1 aromatic heterocycles. The molecule has 2 fully saturated rings. The summed E-state index contributed by atoms with van der Waals surface area (Å²) in [4.78, 5) is 0. The van der Waals surface area contributed by atoms with E-state index in [0.29, 0.717) is 0 Å². The third-order valence-electron chi connectivity index (χ3n) is 6.14. The smallest absolute Gasteiger partial charge is 0.0435 e. The fourth-order valence-corrected chi connectivity index (χ4v) is 6.83. The molecule has 2 aliphatic rings. The number of aromatic nitrogens is 2. The largest absolute Gasteiger partial charge is 0.184 e. The van der Waals surface area contributed by atoms with Gasteiger partial charge in [-0.05, 0) is 5.56 Å². The molecule has 4 rings (SSSR count). The van der Waals surface area contributed by atoms with Gasteiger partial charge in [0.2, 0.25) is 0 Å². The maximum Gasteiger partial charge on any atom is 0.0435 e. The van der Waals surface area contributed by atoms with Crippen LogP contribution in [0, 0.1) is 10.7 Å². The topological polar surface area (TPSA) is 13.1 Å². The molecular weight excluding hydrogens is 767 g/mol. The van der Waals surface area contributed by atoms with Gasteiger partial charge in [-0.2, -0.15) is 1.33 Å². The Kier molecular flexibility index (Phi) is 10.5. The van der Waals surface area contributed by atoms with Crippen LogP contribution in [0.4, 0.5) is 0 Å². The van der Waals surface area contributed by atoms with E-state index < -0.39 is 0 Å². The van der Waals surface area contributed by atoms with E-state index in [4.69, 9.17) is 0 Å². The minimum absolute atomic E-state index is 0.768. The first-order valence-corrected chi connectivity index (χ1v) is 14.0. The normalized spacial score (nSPS) is 18.6. The van der Waals surface area contributed by atoms with Crippen LogP contribution in [-0.2, 0) is 25.9 Å². The zero-order chi connectivity index (χ0) is 20.6. The molecular formula is C23H33I2N3Pt. The number of aryl methyl sites for hydroxylation is 1. The second kappa shape index (κ2) is 12.5. The van der Waals surface area contributed by atoms with Crippen LogP contribution in [0.5, 0.6) is 0 Å². The van der Waals surface area contributed by atoms with Crippen molar-refractivity contribution in [3.63, 3.8) is 0 Å². The number of hydrogen-bond acceptors (Lipinski definition) is 1. The summed E-state index contributed by atoms with van der Waals surface area (Å²) >= 11 is 7.11. The van der Waals surface area contributed by atoms with Crippen LogP contribution in [0.2, 0.25) is 0 Å². The van der Waals surface area contributed by atoms with Gasteiger partial charge in [0, 0.05) is 52.3 Å². The van der Waals surface area contributed by atoms with E-state index in [1.54, 1.807) is 0 Å². The van der Waals surface area contributed by atoms with Gasteiger partial charge in [0.1, 0.15) is 0 Å². The summed E-state index contributed by atoms with van der Waals surface area (Å²) in [6, 6.07) is 12.0. The number of nitrogens with zero attached hydrogens (tertiary/aromatic N) is 3. The van der Waals surface area contributed by atoms with Gasteiger partial charge < -0.3 is 0 Å². The first kappa shape index (κ1) is 24.2. The predicted molar refractivity (Wildman–Crippen MR) is 135 cm³/mol. The number of benzene rings is 1. The van der Waals surface area contributed by atoms with Gasteiger partial charge in [0.15, 0.2) is 0 Å². The van der Waals surface area contributed by atoms with Crippen LogP contribution in [-0.4, -0.2) is 10.5 Å². The number of imidazole rings is 1. The summed E-state index contributed by atoms with van der Waals surface area (Å²) in [6.07, 6.45) is 16.5. The van der Waals surface area contributed by atoms with Crippen molar-refractivity contribution >= 4 is 45.7 Å². The molecule has 0 N–H and O–H groups in total. The molecule has 1 aromatic carbocycles. The SMILES string of the molecule is Cc1cn(C2CCCCC2)[c](=[Pt])n1C1CCCCC1.IN(I)Cc1ccccc1. The van der Waals surface area contributed by atoms with Crippen molar-refractivity contribution in [3.8, 4) is 0 Å². The molecule has 0 unspecified atom stereocenters. The van der Waals surface area contributed by atoms with Gasteiger partial charge >= 0.3 is 127 Å². The maximum atomic E-state index is 2.63. The fourth-order valence-electron chi connectivity index (χ4n) is 4.66. The molecule has 0 aliphatic heterocycles. The van der Waals surface area contributed by atoms with Crippen LogP contribution < -0.4 is 0 Å². The summed E-state index contributed by atoms with van der Waals surface area (Å²) in [6.45, 7) is 3.30. The second-order valence-corrected chi connectivity index (χ2v) is 13.5. The number of rotatable bonds is 4. The summed E-state index contributed by atoms with van der Waals surface area (Å²) in [5, 5.41) is 0. The van der Waals surface area contributed by atoms with Crippen LogP contribution in [0.25, 0.3) is 0 Å². The Balaban J connectivity index is 0.000000204. The Morgan fingerprint density at radius 2 is 1.45 bits per heavy atom. The van der Waals surface area contributed by atoms with Crippen molar-refractivity contribution < 1.29 is 19.4 Å². The Morgan fingerprint density at radius 1 is 0.897 bits per heavy atom. The zero-order valence-electron chi connectivity index (χ0n) is 17.3. The van der Waals surface area contributed by atoms with Crippen LogP contribution in [0.15, 0.2) is 36.5 Å². The maximum absolute atomic E-state index is 2.63. The second-order valence-electron chi connectivity index (χ2n) is 8.32. The molecule has 3 nitrogen and oxygen atoms in total. The third-order valence-corrected chi connectivity index (χ3v) is 7.96. The molecule has 164 valence electrons. The Morgan fingerprint density at radius 3 is 2.00 bits per heavy atom. The van der Waals surface area contributed by atoms with E-state index in [1.165, 1.54) is 79.3 Å². The van der Waals surface area contributed by atoms with Crippen molar-refractivity contribution in [1.82, 2.24) is 10.5 Å². The molecule has 0 amide bonds. The number of halogens is 2. The van der Waals surface area contributed by atoms with E-state index in [9.17, 15) is 0 Å². The van der Waals surface area contributed by atoms with Gasteiger partial charge in [-0.15, -0.1) is 0 Å². The van der Waals surface area contributed by atoms with Gasteiger partial charge in [0.05, 0.1) is 0 Å². The summed E-state index contributed by atoms with van der Waals surface area (Å²) in [5.41, 5.74) is 2.83. The average Bonchev–Trinajstić information content (AvgIpc) is 3.04. The molecule has 0 spiro atoms. The Labute approximate surface area is 215 Å². The molecule has 2 aromatic rings. The van der Waals surface area contributed by atoms with E-state index >= 15 is 0 Å². The van der Waals surface area contributed by atoms with E-state index in [-0.39, 0.29) is 0 Å². The summed E-state index contributed by atoms with van der Waals surface area (Å²) < 4.78 is 8.81. The first-order valence-electron chi connectivity index (χ1n) is 10.9. The van der Waals surface area contributed by atoms with Gasteiger partial charge in [-0.25, -0.2) is 0 Å². The van der Waals surface area contributed by atoms with Crippen molar-refractivity contribution in [2.75, 3.05) is 0 Å². The van der Waals surface area contributed by atoms with E-state index in [0.717, 1.165) is 18.6 Å². The predicted octanol–water partition coefficient (Wildman–Crippen LogP) is 7.88. The van der Waals surface area contributed by atoms with Crippen LogP contribution >= 0.6 is 45.7 Å². The van der Waals surface area contributed by atoms with Crippen molar-refractivity contribution in [2.45, 2.75) is 89.8 Å². The monoisotopic (exact) mass is 800 g/mol. The van der Waals surface area contributed by atoms with Crippen LogP contribution in [0.1, 0.15) is 87.5 Å². The molecule has 6 heteroatoms. The Bertz CT molecular complexity index is 788. The van der Waals surface area contributed by atoms with Crippen molar-refractivity contribution in [2.24, 2.45) is 0 Å². The minimum atomic E-state index is 0.768. The molecule has 0 radical (unpaired) electrons. The molecule has 29 heavy (non-hydrogen) atoms. The van der Waals surface area contributed by atoms with Gasteiger partial charge in [-0.3, -0.25) is 0 Å². The van der Waals surface area contributed by atoms with Gasteiger partial charge in [-0.1, -0.05) is 30.3 Å². The quantitative estimate of drug-likeness (QED) is 0.227. The molecule has 2 aliphatic carbocycles. The molecule has 0 atom stereocenters. The number of hydrogen-bond donors (Lipinski definition) is 0. The standard InChI is InChI=1S/C16H26N2.C7H7I2N.Pt/c1-14-12-17(15-8-4-2-5-9-15)13-18(14)16-10-6-3-7-11-16;8-10(9)6-7-4-2-1-3-5-7;/h12,15-16H,2-11H2,1H3;1-5H,6H2;. The summed E-state index contributed by atoms with van der Waals surface area (Å²) in [5.74, 6) is 0. The van der Waals surface area contributed by atoms with E-state index in [1.807, 2.05) is 6.07 Å². The minimum Gasteiger partial charge on any atom is -0.184 e. The van der Waals surface area contributed by atoms with Crippen molar-refractivity contribution in [3.05, 3.63) is 51.6 Å². The average molecular weight is 800 g/mol. The van der Waals surface area contributed by atoms with Crippen LogP contribution in [0.3, 0.4) is 0 Å². The molecule has 0 saturated heterocycles. The first-order chi connectivity index (χ1) is 14.1.